The van der Waals surface area contributed by atoms with Gasteiger partial charge in [-0.25, -0.2) is 14.8 Å². The fourth-order valence-electron chi connectivity index (χ4n) is 3.14. The number of rotatable bonds is 3. The predicted molar refractivity (Wildman–Crippen MR) is 80.5 cm³/mol. The van der Waals surface area contributed by atoms with Crippen LogP contribution in [-0.4, -0.2) is 71.0 Å². The maximum atomic E-state index is 12.2. The van der Waals surface area contributed by atoms with Crippen molar-refractivity contribution in [1.82, 2.24) is 19.8 Å². The van der Waals surface area contributed by atoms with Gasteiger partial charge in [0.25, 0.3) is 5.91 Å². The van der Waals surface area contributed by atoms with E-state index in [-0.39, 0.29) is 17.8 Å². The Hall–Kier alpha value is -2.38. The molecule has 0 radical (unpaired) electrons. The molecule has 3 rings (SSSR count). The summed E-state index contributed by atoms with van der Waals surface area (Å²) in [6.07, 6.45) is 4.92. The molecule has 8 heteroatoms. The molecule has 2 aliphatic rings. The van der Waals surface area contributed by atoms with Crippen molar-refractivity contribution in [3.63, 3.8) is 0 Å². The van der Waals surface area contributed by atoms with E-state index in [2.05, 4.69) is 9.97 Å². The summed E-state index contributed by atoms with van der Waals surface area (Å²) in [4.78, 5) is 37.6. The summed E-state index contributed by atoms with van der Waals surface area (Å²) in [5, 5.41) is 0. The molecule has 2 N–H and O–H groups in total. The van der Waals surface area contributed by atoms with E-state index in [1.54, 1.807) is 11.1 Å². The van der Waals surface area contributed by atoms with Gasteiger partial charge in [-0.05, 0) is 12.8 Å². The van der Waals surface area contributed by atoms with Gasteiger partial charge in [-0.2, -0.15) is 0 Å². The zero-order valence-corrected chi connectivity index (χ0v) is 12.6. The van der Waals surface area contributed by atoms with Crippen LogP contribution in [0, 0.1) is 0 Å². The third-order valence-electron chi connectivity index (χ3n) is 4.30. The van der Waals surface area contributed by atoms with Crippen LogP contribution in [0.2, 0.25) is 0 Å². The lowest BCUT2D eigenvalue weighted by Crippen LogP contribution is -2.49. The summed E-state index contributed by atoms with van der Waals surface area (Å²) < 4.78 is 0. The Balaban J connectivity index is 1.79. The van der Waals surface area contributed by atoms with Crippen LogP contribution >= 0.6 is 0 Å². The van der Waals surface area contributed by atoms with Gasteiger partial charge >= 0.3 is 6.03 Å². The van der Waals surface area contributed by atoms with Gasteiger partial charge in [-0.15, -0.1) is 0 Å². The number of nitrogens with zero attached hydrogens (tertiary/aromatic N) is 5. The van der Waals surface area contributed by atoms with Gasteiger partial charge in [-0.1, -0.05) is 0 Å². The Morgan fingerprint density at radius 2 is 2.05 bits per heavy atom. The second-order valence-corrected chi connectivity index (χ2v) is 5.73. The lowest BCUT2D eigenvalue weighted by Gasteiger charge is -2.38. The maximum Gasteiger partial charge on any atom is 0.320 e. The molecule has 2 fully saturated rings. The van der Waals surface area contributed by atoms with Gasteiger partial charge in [0, 0.05) is 45.6 Å². The van der Waals surface area contributed by atoms with Gasteiger partial charge in [0.05, 0.1) is 6.04 Å². The molecule has 0 bridgehead atoms. The number of primary amides is 1. The molecule has 3 amide bonds. The van der Waals surface area contributed by atoms with Crippen molar-refractivity contribution in [2.45, 2.75) is 18.9 Å². The van der Waals surface area contributed by atoms with Gasteiger partial charge in [-0.3, -0.25) is 4.79 Å². The molecule has 8 nitrogen and oxygen atoms in total. The third-order valence-corrected chi connectivity index (χ3v) is 4.30. The van der Waals surface area contributed by atoms with E-state index in [0.717, 1.165) is 32.5 Å². The second-order valence-electron chi connectivity index (χ2n) is 5.73. The highest BCUT2D eigenvalue weighted by molar-refractivity contribution is 5.95. The number of carbonyl (C=O) groups is 2. The second kappa shape index (κ2) is 5.78. The highest BCUT2D eigenvalue weighted by Gasteiger charge is 2.35. The van der Waals surface area contributed by atoms with Crippen LogP contribution in [0.25, 0.3) is 0 Å². The lowest BCUT2D eigenvalue weighted by atomic mass is 10.0. The number of carbonyl (C=O) groups excluding carboxylic acids is 2. The molecule has 1 aromatic heterocycles. The van der Waals surface area contributed by atoms with Crippen molar-refractivity contribution in [2.24, 2.45) is 5.73 Å². The molecule has 1 atom stereocenters. The van der Waals surface area contributed by atoms with Crippen LogP contribution < -0.4 is 10.6 Å². The fraction of sp³-hybridized carbons (Fsp3) is 0.571. The standard InChI is InChI=1S/C14H20N6O2/c1-18-7-8-20(14(18)22)10-3-2-6-19(9-10)13-11(12(15)21)16-4-5-17-13/h4-5,10H,2-3,6-9H2,1H3,(H2,15,21). The van der Waals surface area contributed by atoms with Crippen LogP contribution in [-0.2, 0) is 0 Å². The molecule has 1 unspecified atom stereocenters. The van der Waals surface area contributed by atoms with Crippen LogP contribution in [0.15, 0.2) is 12.4 Å². The average Bonchev–Trinajstić information content (AvgIpc) is 2.87. The Kier molecular flexibility index (Phi) is 3.82. The lowest BCUT2D eigenvalue weighted by molar-refractivity contribution is 0.0995. The van der Waals surface area contributed by atoms with Crippen molar-refractivity contribution in [3.8, 4) is 0 Å². The number of piperidine rings is 1. The summed E-state index contributed by atoms with van der Waals surface area (Å²) in [6, 6.07) is 0.204. The molecule has 2 aliphatic heterocycles. The smallest absolute Gasteiger partial charge is 0.320 e. The first kappa shape index (κ1) is 14.6. The van der Waals surface area contributed by atoms with Crippen molar-refractivity contribution >= 4 is 17.8 Å². The summed E-state index contributed by atoms with van der Waals surface area (Å²) in [5.41, 5.74) is 5.57. The number of aromatic nitrogens is 2. The number of likely N-dealkylation sites (N-methyl/N-ethyl adjacent to an activating group) is 1. The van der Waals surface area contributed by atoms with Gasteiger partial charge < -0.3 is 20.4 Å². The highest BCUT2D eigenvalue weighted by Crippen LogP contribution is 2.24. The maximum absolute atomic E-state index is 12.2. The van der Waals surface area contributed by atoms with E-state index in [9.17, 15) is 9.59 Å². The normalized spacial score (nSPS) is 22.3. The number of hydrogen-bond donors (Lipinski definition) is 1. The zero-order valence-electron chi connectivity index (χ0n) is 12.6. The molecule has 0 saturated carbocycles. The Morgan fingerprint density at radius 3 is 2.73 bits per heavy atom. The molecule has 2 saturated heterocycles. The quantitative estimate of drug-likeness (QED) is 0.842. The SMILES string of the molecule is CN1CCN(C2CCCN(c3nccnc3C(N)=O)C2)C1=O. The third kappa shape index (κ3) is 2.56. The van der Waals surface area contributed by atoms with Crippen molar-refractivity contribution in [1.29, 1.82) is 0 Å². The van der Waals surface area contributed by atoms with E-state index in [1.807, 2.05) is 16.8 Å². The van der Waals surface area contributed by atoms with E-state index >= 15 is 0 Å². The first-order valence-corrected chi connectivity index (χ1v) is 7.45. The number of nitrogens with two attached hydrogens (primary N) is 1. The summed E-state index contributed by atoms with van der Waals surface area (Å²) in [6.45, 7) is 2.94. The number of anilines is 1. The van der Waals surface area contributed by atoms with Gasteiger partial charge in [0.1, 0.15) is 0 Å². The van der Waals surface area contributed by atoms with E-state index < -0.39 is 5.91 Å². The Bertz CT molecular complexity index is 592. The Labute approximate surface area is 128 Å². The molecule has 3 heterocycles. The van der Waals surface area contributed by atoms with Crippen LogP contribution in [0.5, 0.6) is 0 Å². The molecule has 0 spiro atoms. The topological polar surface area (TPSA) is 95.7 Å². The molecule has 1 aromatic rings. The minimum atomic E-state index is -0.581. The van der Waals surface area contributed by atoms with Crippen LogP contribution in [0.1, 0.15) is 23.3 Å². The van der Waals surface area contributed by atoms with Crippen LogP contribution in [0.4, 0.5) is 10.6 Å². The first-order valence-electron chi connectivity index (χ1n) is 7.45. The highest BCUT2D eigenvalue weighted by atomic mass is 16.2. The zero-order chi connectivity index (χ0) is 15.7. The van der Waals surface area contributed by atoms with Crippen LogP contribution in [0.3, 0.4) is 0 Å². The molecular weight excluding hydrogens is 284 g/mol. The number of amides is 3. The van der Waals surface area contributed by atoms with Gasteiger partial charge in [0.15, 0.2) is 11.5 Å². The van der Waals surface area contributed by atoms with E-state index in [1.165, 1.54) is 6.20 Å². The molecular formula is C14H20N6O2. The predicted octanol–water partition coefficient (Wildman–Crippen LogP) is -0.0883. The van der Waals surface area contributed by atoms with E-state index in [0.29, 0.717) is 12.4 Å². The molecule has 0 aromatic carbocycles. The minimum Gasteiger partial charge on any atom is -0.364 e. The van der Waals surface area contributed by atoms with Crippen molar-refractivity contribution < 1.29 is 9.59 Å². The molecule has 22 heavy (non-hydrogen) atoms. The summed E-state index contributed by atoms with van der Waals surface area (Å²) >= 11 is 0. The fourth-order valence-corrected chi connectivity index (χ4v) is 3.14. The number of hydrogen-bond acceptors (Lipinski definition) is 5. The van der Waals surface area contributed by atoms with E-state index in [4.69, 9.17) is 5.73 Å². The number of urea groups is 1. The molecule has 0 aliphatic carbocycles. The molecule has 118 valence electrons. The monoisotopic (exact) mass is 304 g/mol. The summed E-state index contributed by atoms with van der Waals surface area (Å²) in [7, 11) is 1.82. The first-order chi connectivity index (χ1) is 10.6. The summed E-state index contributed by atoms with van der Waals surface area (Å²) in [5.74, 6) is -0.0677. The largest absolute Gasteiger partial charge is 0.364 e. The van der Waals surface area contributed by atoms with Crippen molar-refractivity contribution in [3.05, 3.63) is 18.1 Å². The van der Waals surface area contributed by atoms with Gasteiger partial charge in [0.2, 0.25) is 0 Å². The Morgan fingerprint density at radius 1 is 1.27 bits per heavy atom. The van der Waals surface area contributed by atoms with Crippen molar-refractivity contribution in [2.75, 3.05) is 38.1 Å². The minimum absolute atomic E-state index is 0.0705. The average molecular weight is 304 g/mol.